The average Bonchev–Trinajstić information content (AvgIpc) is 2.77. The molecule has 31 heavy (non-hydrogen) atoms. The molecule has 0 bridgehead atoms. The van der Waals surface area contributed by atoms with Crippen molar-refractivity contribution in [1.82, 2.24) is 0 Å². The Morgan fingerprint density at radius 2 is 1.32 bits per heavy atom. The quantitative estimate of drug-likeness (QED) is 0.714. The summed E-state index contributed by atoms with van der Waals surface area (Å²) in [4.78, 5) is 0. The lowest BCUT2D eigenvalue weighted by Gasteiger charge is -2.35. The van der Waals surface area contributed by atoms with Crippen LogP contribution in [0.15, 0.2) is 12.1 Å². The van der Waals surface area contributed by atoms with Gasteiger partial charge >= 0.3 is 0 Å². The molecular weight excluding hydrogens is 400 g/mol. The molecule has 1 N–H and O–H groups in total. The van der Waals surface area contributed by atoms with Gasteiger partial charge in [0, 0.05) is 18.2 Å². The number of rotatable bonds is 6. The number of phenolic OH excluding ortho intramolecular Hbond substituents is 1. The Balaban J connectivity index is 2.57. The van der Waals surface area contributed by atoms with Gasteiger partial charge in [-0.2, -0.15) is 0 Å². The Labute approximate surface area is 183 Å². The van der Waals surface area contributed by atoms with Crippen LogP contribution in [0.4, 0.5) is 0 Å². The largest absolute Gasteiger partial charge is 0.504 e. The zero-order valence-electron chi connectivity index (χ0n) is 19.5. The van der Waals surface area contributed by atoms with Gasteiger partial charge in [-0.3, -0.25) is 0 Å². The van der Waals surface area contributed by atoms with Gasteiger partial charge < -0.3 is 33.5 Å². The van der Waals surface area contributed by atoms with Crippen molar-refractivity contribution in [3.8, 4) is 45.6 Å². The van der Waals surface area contributed by atoms with Crippen molar-refractivity contribution < 1.29 is 33.5 Å². The maximum absolute atomic E-state index is 10.6. The molecule has 0 radical (unpaired) electrons. The Bertz CT molecular complexity index is 954. The minimum atomic E-state index is -0.226. The first-order chi connectivity index (χ1) is 14.9. The molecular formula is C24H32O7. The summed E-state index contributed by atoms with van der Waals surface area (Å²) in [6, 6.07) is 3.68. The first-order valence-corrected chi connectivity index (χ1v) is 10.2. The molecule has 170 valence electrons. The highest BCUT2D eigenvalue weighted by Gasteiger charge is 2.37. The van der Waals surface area contributed by atoms with Gasteiger partial charge in [0.1, 0.15) is 0 Å². The molecule has 0 unspecified atom stereocenters. The third-order valence-corrected chi connectivity index (χ3v) is 6.29. The van der Waals surface area contributed by atoms with Crippen molar-refractivity contribution in [2.24, 2.45) is 11.8 Å². The molecule has 7 nitrogen and oxygen atoms in total. The fourth-order valence-electron chi connectivity index (χ4n) is 4.62. The Morgan fingerprint density at radius 3 is 1.84 bits per heavy atom. The van der Waals surface area contributed by atoms with E-state index in [9.17, 15) is 5.11 Å². The van der Waals surface area contributed by atoms with Gasteiger partial charge in [-0.05, 0) is 41.5 Å². The van der Waals surface area contributed by atoms with E-state index in [1.54, 1.807) is 41.6 Å². The summed E-state index contributed by atoms with van der Waals surface area (Å²) in [5.74, 6) is 2.69. The number of fused-ring (bicyclic) bond motifs is 3. The first kappa shape index (κ1) is 22.9. The van der Waals surface area contributed by atoms with E-state index in [0.29, 0.717) is 29.4 Å². The molecule has 0 aromatic heterocycles. The second kappa shape index (κ2) is 9.14. The van der Waals surface area contributed by atoms with Crippen LogP contribution in [0.3, 0.4) is 0 Å². The lowest BCUT2D eigenvalue weighted by atomic mass is 9.76. The highest BCUT2D eigenvalue weighted by atomic mass is 16.5. The van der Waals surface area contributed by atoms with Crippen molar-refractivity contribution in [3.63, 3.8) is 0 Å². The van der Waals surface area contributed by atoms with E-state index in [0.717, 1.165) is 22.3 Å². The number of hydrogen-bond acceptors (Lipinski definition) is 7. The molecule has 7 heteroatoms. The van der Waals surface area contributed by atoms with E-state index in [-0.39, 0.29) is 29.4 Å². The summed E-state index contributed by atoms with van der Waals surface area (Å²) in [6.07, 6.45) is 0.484. The van der Waals surface area contributed by atoms with Gasteiger partial charge in [-0.15, -0.1) is 0 Å². The maximum atomic E-state index is 10.6. The van der Waals surface area contributed by atoms with Gasteiger partial charge in [0.25, 0.3) is 0 Å². The van der Waals surface area contributed by atoms with E-state index in [1.165, 1.54) is 7.11 Å². The lowest BCUT2D eigenvalue weighted by molar-refractivity contribution is 0.0361. The number of methoxy groups -OCH3 is 6. The van der Waals surface area contributed by atoms with Crippen molar-refractivity contribution in [3.05, 3.63) is 23.3 Å². The highest BCUT2D eigenvalue weighted by Crippen LogP contribution is 2.57. The molecule has 0 heterocycles. The molecule has 1 aliphatic carbocycles. The van der Waals surface area contributed by atoms with E-state index in [2.05, 4.69) is 13.8 Å². The van der Waals surface area contributed by atoms with Crippen LogP contribution >= 0.6 is 0 Å². The van der Waals surface area contributed by atoms with Crippen LogP contribution < -0.4 is 23.7 Å². The Kier molecular flexibility index (Phi) is 6.74. The number of benzene rings is 2. The third-order valence-electron chi connectivity index (χ3n) is 6.29. The molecule has 2 aromatic carbocycles. The van der Waals surface area contributed by atoms with Gasteiger partial charge in [-0.25, -0.2) is 0 Å². The van der Waals surface area contributed by atoms with Crippen LogP contribution in [0.2, 0.25) is 0 Å². The average molecular weight is 433 g/mol. The molecule has 0 aliphatic heterocycles. The van der Waals surface area contributed by atoms with Crippen molar-refractivity contribution in [1.29, 1.82) is 0 Å². The predicted molar refractivity (Wildman–Crippen MR) is 118 cm³/mol. The number of ether oxygens (including phenoxy) is 6. The fourth-order valence-corrected chi connectivity index (χ4v) is 4.62. The zero-order valence-corrected chi connectivity index (χ0v) is 19.5. The molecule has 0 amide bonds. The van der Waals surface area contributed by atoms with Gasteiger partial charge in [0.05, 0.1) is 41.7 Å². The standard InChI is InChI=1S/C24H32O7/c1-12-9-14-10-16(25)21(28-5)23(30-7)18(14)19-15(20(27-4)13(12)2)11-17(26-3)22(29-6)24(19)31-8/h10-13,20,25H,9H2,1-8H3/t12-,13-,20+/m0/s1. The van der Waals surface area contributed by atoms with E-state index >= 15 is 0 Å². The van der Waals surface area contributed by atoms with Gasteiger partial charge in [0.2, 0.25) is 11.5 Å². The second-order valence-corrected chi connectivity index (χ2v) is 7.80. The van der Waals surface area contributed by atoms with Crippen molar-refractivity contribution >= 4 is 0 Å². The third kappa shape index (κ3) is 3.61. The van der Waals surface area contributed by atoms with E-state index in [1.807, 2.05) is 6.07 Å². The molecule has 0 saturated heterocycles. The van der Waals surface area contributed by atoms with Crippen LogP contribution in [0.25, 0.3) is 11.1 Å². The van der Waals surface area contributed by atoms with E-state index in [4.69, 9.17) is 28.4 Å². The molecule has 3 atom stereocenters. The smallest absolute Gasteiger partial charge is 0.203 e. The topological polar surface area (TPSA) is 75.6 Å². The fraction of sp³-hybridized carbons (Fsp3) is 0.500. The summed E-state index contributed by atoms with van der Waals surface area (Å²) in [7, 11) is 9.53. The van der Waals surface area contributed by atoms with Crippen molar-refractivity contribution in [2.75, 3.05) is 42.7 Å². The zero-order chi connectivity index (χ0) is 22.9. The number of phenols is 1. The maximum Gasteiger partial charge on any atom is 0.203 e. The van der Waals surface area contributed by atoms with Crippen LogP contribution in [0.5, 0.6) is 34.5 Å². The number of hydrogen-bond donors (Lipinski definition) is 1. The molecule has 3 rings (SSSR count). The van der Waals surface area contributed by atoms with Crippen LogP contribution in [-0.4, -0.2) is 47.8 Å². The Hall–Kier alpha value is -2.80. The molecule has 0 spiro atoms. The summed E-state index contributed by atoms with van der Waals surface area (Å²) in [5, 5.41) is 10.6. The van der Waals surface area contributed by atoms with Crippen LogP contribution in [-0.2, 0) is 11.2 Å². The summed E-state index contributed by atoms with van der Waals surface area (Å²) in [5.41, 5.74) is 3.38. The normalized spacial score (nSPS) is 20.1. The minimum absolute atomic E-state index is 0.0304. The predicted octanol–water partition coefficient (Wildman–Crippen LogP) is 4.62. The first-order valence-electron chi connectivity index (χ1n) is 10.2. The van der Waals surface area contributed by atoms with Crippen LogP contribution in [0, 0.1) is 11.8 Å². The molecule has 1 aliphatic rings. The summed E-state index contributed by atoms with van der Waals surface area (Å²) in [6.45, 7) is 4.34. The SMILES string of the molecule is COc1cc2c(c(OC)c1OC)-c1c(cc(O)c(OC)c1OC)C[C@H](C)[C@H](C)[C@H]2OC. The molecule has 0 saturated carbocycles. The van der Waals surface area contributed by atoms with Crippen molar-refractivity contribution in [2.45, 2.75) is 26.4 Å². The monoisotopic (exact) mass is 432 g/mol. The van der Waals surface area contributed by atoms with Gasteiger partial charge in [0.15, 0.2) is 23.0 Å². The van der Waals surface area contributed by atoms with Gasteiger partial charge in [-0.1, -0.05) is 13.8 Å². The molecule has 0 fully saturated rings. The summed E-state index contributed by atoms with van der Waals surface area (Å²) >= 11 is 0. The highest BCUT2D eigenvalue weighted by molar-refractivity contribution is 5.88. The second-order valence-electron chi connectivity index (χ2n) is 7.80. The Morgan fingerprint density at radius 1 is 0.742 bits per heavy atom. The summed E-state index contributed by atoms with van der Waals surface area (Å²) < 4.78 is 34.4. The van der Waals surface area contributed by atoms with E-state index < -0.39 is 0 Å². The lowest BCUT2D eigenvalue weighted by Crippen LogP contribution is -2.24. The van der Waals surface area contributed by atoms with Crippen LogP contribution in [0.1, 0.15) is 31.1 Å². The minimum Gasteiger partial charge on any atom is -0.504 e. The number of aromatic hydroxyl groups is 1. The molecule has 2 aromatic rings.